The standard InChI is InChI=1S/C18H18F2N4O2/c1-10(13-6-5-12(19)8-14(13)20)22-16(25)9-24-11(2)17-15(23-18(24)26)4-3-7-21-17/h3-8,10-11H,9H2,1-2H3,(H,22,25)(H,23,26)/t10-,11+/m0/s1. The Balaban J connectivity index is 1.69. The summed E-state index contributed by atoms with van der Waals surface area (Å²) in [4.78, 5) is 30.2. The fraction of sp³-hybridized carbons (Fsp3) is 0.278. The number of amides is 3. The Morgan fingerprint density at radius 2 is 2.15 bits per heavy atom. The number of hydrogen-bond donors (Lipinski definition) is 2. The molecule has 3 amide bonds. The molecule has 6 nitrogen and oxygen atoms in total. The lowest BCUT2D eigenvalue weighted by Gasteiger charge is -2.34. The van der Waals surface area contributed by atoms with Gasteiger partial charge in [0, 0.05) is 17.8 Å². The van der Waals surface area contributed by atoms with E-state index >= 15 is 0 Å². The average molecular weight is 360 g/mol. The second-order valence-corrected chi connectivity index (χ2v) is 6.13. The molecular weight excluding hydrogens is 342 g/mol. The van der Waals surface area contributed by atoms with Crippen LogP contribution in [-0.2, 0) is 4.79 Å². The van der Waals surface area contributed by atoms with Gasteiger partial charge in [-0.3, -0.25) is 9.78 Å². The van der Waals surface area contributed by atoms with Crippen molar-refractivity contribution in [3.8, 4) is 0 Å². The zero-order valence-corrected chi connectivity index (χ0v) is 14.3. The highest BCUT2D eigenvalue weighted by molar-refractivity contribution is 5.95. The monoisotopic (exact) mass is 360 g/mol. The van der Waals surface area contributed by atoms with Gasteiger partial charge in [0.25, 0.3) is 0 Å². The van der Waals surface area contributed by atoms with E-state index in [-0.39, 0.29) is 18.2 Å². The topological polar surface area (TPSA) is 74.3 Å². The molecule has 0 radical (unpaired) electrons. The van der Waals surface area contributed by atoms with Crippen LogP contribution in [0.5, 0.6) is 0 Å². The molecular formula is C18H18F2N4O2. The molecule has 0 saturated heterocycles. The highest BCUT2D eigenvalue weighted by Crippen LogP contribution is 2.30. The van der Waals surface area contributed by atoms with Gasteiger partial charge >= 0.3 is 6.03 Å². The van der Waals surface area contributed by atoms with Crippen molar-refractivity contribution >= 4 is 17.6 Å². The molecule has 2 aromatic rings. The minimum Gasteiger partial charge on any atom is -0.348 e. The lowest BCUT2D eigenvalue weighted by molar-refractivity contribution is -0.122. The number of halogens is 2. The maximum atomic E-state index is 13.8. The first-order chi connectivity index (χ1) is 12.4. The van der Waals surface area contributed by atoms with Crippen LogP contribution in [0.2, 0.25) is 0 Å². The fourth-order valence-electron chi connectivity index (χ4n) is 2.95. The summed E-state index contributed by atoms with van der Waals surface area (Å²) >= 11 is 0. The predicted octanol–water partition coefficient (Wildman–Crippen LogP) is 3.15. The summed E-state index contributed by atoms with van der Waals surface area (Å²) in [6.45, 7) is 3.15. The molecule has 2 atom stereocenters. The van der Waals surface area contributed by atoms with Crippen molar-refractivity contribution in [2.24, 2.45) is 0 Å². The Kier molecular flexibility index (Phi) is 4.83. The van der Waals surface area contributed by atoms with Gasteiger partial charge in [0.15, 0.2) is 0 Å². The molecule has 2 N–H and O–H groups in total. The normalized spacial score (nSPS) is 17.3. The van der Waals surface area contributed by atoms with Crippen molar-refractivity contribution < 1.29 is 18.4 Å². The van der Waals surface area contributed by atoms with E-state index in [0.717, 1.165) is 12.1 Å². The van der Waals surface area contributed by atoms with E-state index in [1.165, 1.54) is 11.0 Å². The Morgan fingerprint density at radius 1 is 1.38 bits per heavy atom. The van der Waals surface area contributed by atoms with E-state index in [1.54, 1.807) is 32.2 Å². The van der Waals surface area contributed by atoms with Crippen molar-refractivity contribution in [1.82, 2.24) is 15.2 Å². The molecule has 1 aromatic carbocycles. The number of pyridine rings is 1. The Labute approximate surface area is 149 Å². The third-order valence-corrected chi connectivity index (χ3v) is 4.32. The number of carbonyl (C=O) groups is 2. The SMILES string of the molecule is C[C@H](NC(=O)CN1C(=O)Nc2cccnc2[C@H]1C)c1ccc(F)cc1F. The molecule has 8 heteroatoms. The highest BCUT2D eigenvalue weighted by Gasteiger charge is 2.31. The van der Waals surface area contributed by atoms with Crippen LogP contribution >= 0.6 is 0 Å². The number of anilines is 1. The molecule has 1 aromatic heterocycles. The molecule has 0 bridgehead atoms. The number of fused-ring (bicyclic) bond motifs is 1. The minimum atomic E-state index is -0.736. The summed E-state index contributed by atoms with van der Waals surface area (Å²) in [5.74, 6) is -1.88. The van der Waals surface area contributed by atoms with Crippen LogP contribution in [0, 0.1) is 11.6 Å². The van der Waals surface area contributed by atoms with E-state index < -0.39 is 29.6 Å². The summed E-state index contributed by atoms with van der Waals surface area (Å²) in [7, 11) is 0. The summed E-state index contributed by atoms with van der Waals surface area (Å²) in [6.07, 6.45) is 1.62. The largest absolute Gasteiger partial charge is 0.348 e. The van der Waals surface area contributed by atoms with E-state index in [0.29, 0.717) is 11.4 Å². The zero-order chi connectivity index (χ0) is 18.8. The van der Waals surface area contributed by atoms with Gasteiger partial charge in [0.2, 0.25) is 5.91 Å². The van der Waals surface area contributed by atoms with E-state index in [1.807, 2.05) is 0 Å². The molecule has 0 aliphatic carbocycles. The molecule has 2 heterocycles. The number of carbonyl (C=O) groups excluding carboxylic acids is 2. The number of urea groups is 1. The van der Waals surface area contributed by atoms with E-state index in [9.17, 15) is 18.4 Å². The molecule has 3 rings (SSSR count). The smallest absolute Gasteiger partial charge is 0.322 e. The fourth-order valence-corrected chi connectivity index (χ4v) is 2.95. The van der Waals surface area contributed by atoms with Crippen molar-refractivity contribution in [2.45, 2.75) is 25.9 Å². The summed E-state index contributed by atoms with van der Waals surface area (Å²) in [6, 6.07) is 5.17. The van der Waals surface area contributed by atoms with Crippen molar-refractivity contribution in [3.05, 3.63) is 59.4 Å². The van der Waals surface area contributed by atoms with Gasteiger partial charge < -0.3 is 15.5 Å². The molecule has 0 spiro atoms. The third kappa shape index (κ3) is 3.49. The molecule has 26 heavy (non-hydrogen) atoms. The van der Waals surface area contributed by atoms with Gasteiger partial charge in [-0.2, -0.15) is 0 Å². The van der Waals surface area contributed by atoms with Crippen LogP contribution in [0.15, 0.2) is 36.5 Å². The minimum absolute atomic E-state index is 0.169. The number of nitrogens with one attached hydrogen (secondary N) is 2. The quantitative estimate of drug-likeness (QED) is 0.880. The Hall–Kier alpha value is -3.03. The molecule has 1 aliphatic heterocycles. The Bertz CT molecular complexity index is 859. The van der Waals surface area contributed by atoms with Crippen LogP contribution in [0.3, 0.4) is 0 Å². The summed E-state index contributed by atoms with van der Waals surface area (Å²) in [5.41, 5.74) is 1.45. The first kappa shape index (κ1) is 17.8. The van der Waals surface area contributed by atoms with Gasteiger partial charge in [0.05, 0.1) is 23.5 Å². The zero-order valence-electron chi connectivity index (χ0n) is 14.3. The van der Waals surface area contributed by atoms with E-state index in [4.69, 9.17) is 0 Å². The van der Waals surface area contributed by atoms with Crippen molar-refractivity contribution in [2.75, 3.05) is 11.9 Å². The van der Waals surface area contributed by atoms with Gasteiger partial charge in [0.1, 0.15) is 18.2 Å². The number of aromatic nitrogens is 1. The molecule has 1 aliphatic rings. The predicted molar refractivity (Wildman–Crippen MR) is 91.3 cm³/mol. The number of nitrogens with zero attached hydrogens (tertiary/aromatic N) is 2. The van der Waals surface area contributed by atoms with Crippen LogP contribution < -0.4 is 10.6 Å². The van der Waals surface area contributed by atoms with Crippen LogP contribution in [0.4, 0.5) is 19.3 Å². The van der Waals surface area contributed by atoms with Crippen molar-refractivity contribution in [3.63, 3.8) is 0 Å². The summed E-state index contributed by atoms with van der Waals surface area (Å²) in [5, 5.41) is 5.31. The van der Waals surface area contributed by atoms with Gasteiger partial charge in [-0.25, -0.2) is 13.6 Å². The summed E-state index contributed by atoms with van der Waals surface area (Å²) < 4.78 is 26.8. The second kappa shape index (κ2) is 7.07. The van der Waals surface area contributed by atoms with Crippen molar-refractivity contribution in [1.29, 1.82) is 0 Å². The Morgan fingerprint density at radius 3 is 2.88 bits per heavy atom. The van der Waals surface area contributed by atoms with E-state index in [2.05, 4.69) is 15.6 Å². The molecule has 0 saturated carbocycles. The van der Waals surface area contributed by atoms with Gasteiger partial charge in [-0.15, -0.1) is 0 Å². The first-order valence-corrected chi connectivity index (χ1v) is 8.13. The van der Waals surface area contributed by atoms with Crippen LogP contribution in [0.1, 0.15) is 37.2 Å². The number of benzene rings is 1. The average Bonchev–Trinajstić information content (AvgIpc) is 2.58. The third-order valence-electron chi connectivity index (χ3n) is 4.32. The van der Waals surface area contributed by atoms with Crippen LogP contribution in [0.25, 0.3) is 0 Å². The lowest BCUT2D eigenvalue weighted by atomic mass is 10.1. The van der Waals surface area contributed by atoms with Gasteiger partial charge in [-0.1, -0.05) is 6.07 Å². The van der Waals surface area contributed by atoms with Crippen LogP contribution in [-0.4, -0.2) is 28.4 Å². The van der Waals surface area contributed by atoms with Gasteiger partial charge in [-0.05, 0) is 32.0 Å². The second-order valence-electron chi connectivity index (χ2n) is 6.13. The highest BCUT2D eigenvalue weighted by atomic mass is 19.1. The maximum absolute atomic E-state index is 13.8. The number of rotatable bonds is 4. The molecule has 0 unspecified atom stereocenters. The number of hydrogen-bond acceptors (Lipinski definition) is 3. The molecule has 136 valence electrons. The maximum Gasteiger partial charge on any atom is 0.322 e. The molecule has 0 fully saturated rings. The lowest BCUT2D eigenvalue weighted by Crippen LogP contribution is -2.47. The first-order valence-electron chi connectivity index (χ1n) is 8.13.